The molecule has 21 heavy (non-hydrogen) atoms. The van der Waals surface area contributed by atoms with Crippen LogP contribution in [0, 0.1) is 6.92 Å². The Morgan fingerprint density at radius 3 is 2.52 bits per heavy atom. The van der Waals surface area contributed by atoms with Gasteiger partial charge in [-0.15, -0.1) is 11.3 Å². The number of benzene rings is 1. The van der Waals surface area contributed by atoms with Crippen molar-refractivity contribution in [3.8, 4) is 5.75 Å². The molecule has 1 aromatic carbocycles. The van der Waals surface area contributed by atoms with Crippen LogP contribution in [0.25, 0.3) is 0 Å². The molecule has 0 amide bonds. The molecule has 0 spiro atoms. The van der Waals surface area contributed by atoms with Crippen LogP contribution in [-0.2, 0) is 13.1 Å². The highest BCUT2D eigenvalue weighted by molar-refractivity contribution is 7.11. The van der Waals surface area contributed by atoms with E-state index in [2.05, 4.69) is 48.5 Å². The molecule has 1 aromatic heterocycles. The van der Waals surface area contributed by atoms with Crippen LogP contribution in [0.3, 0.4) is 0 Å². The molecule has 0 fully saturated rings. The van der Waals surface area contributed by atoms with Gasteiger partial charge in [-0.1, -0.05) is 12.1 Å². The largest absolute Gasteiger partial charge is 0.497 e. The second kappa shape index (κ2) is 8.17. The van der Waals surface area contributed by atoms with Crippen molar-refractivity contribution in [2.24, 2.45) is 0 Å². The lowest BCUT2D eigenvalue weighted by Gasteiger charge is -2.17. The second-order valence-electron chi connectivity index (χ2n) is 5.27. The number of hydrogen-bond donors (Lipinski definition) is 1. The maximum Gasteiger partial charge on any atom is 0.118 e. The van der Waals surface area contributed by atoms with Crippen molar-refractivity contribution in [2.75, 3.05) is 27.2 Å². The molecule has 0 radical (unpaired) electrons. The van der Waals surface area contributed by atoms with Crippen molar-refractivity contribution in [2.45, 2.75) is 20.0 Å². The molecular formula is C17H24N2OS. The molecule has 0 atom stereocenters. The first-order valence-corrected chi connectivity index (χ1v) is 8.06. The summed E-state index contributed by atoms with van der Waals surface area (Å²) in [7, 11) is 3.85. The smallest absolute Gasteiger partial charge is 0.118 e. The fourth-order valence-corrected chi connectivity index (χ4v) is 3.04. The Morgan fingerprint density at radius 2 is 1.90 bits per heavy atom. The third-order valence-electron chi connectivity index (χ3n) is 3.38. The van der Waals surface area contributed by atoms with E-state index in [9.17, 15) is 0 Å². The second-order valence-corrected chi connectivity index (χ2v) is 6.65. The Morgan fingerprint density at radius 1 is 1.14 bits per heavy atom. The standard InChI is InChI=1S/C17H24N2OS/c1-14-4-9-17(21-14)12-18-10-11-19(2)13-15-5-7-16(20-3)8-6-15/h4-9,18H,10-13H2,1-3H3. The average molecular weight is 304 g/mol. The molecule has 0 aliphatic carbocycles. The molecule has 2 rings (SSSR count). The molecule has 1 heterocycles. The molecule has 0 aliphatic heterocycles. The Kier molecular flexibility index (Phi) is 6.23. The highest BCUT2D eigenvalue weighted by Gasteiger charge is 2.01. The number of ether oxygens (including phenoxy) is 1. The Bertz CT molecular complexity index is 536. The molecule has 114 valence electrons. The number of nitrogens with zero attached hydrogens (tertiary/aromatic N) is 1. The summed E-state index contributed by atoms with van der Waals surface area (Å²) in [6.45, 7) is 6.12. The van der Waals surface area contributed by atoms with Gasteiger partial charge in [0.15, 0.2) is 0 Å². The number of hydrogen-bond acceptors (Lipinski definition) is 4. The lowest BCUT2D eigenvalue weighted by Crippen LogP contribution is -2.28. The van der Waals surface area contributed by atoms with Gasteiger partial charge in [0.25, 0.3) is 0 Å². The maximum atomic E-state index is 5.17. The van der Waals surface area contributed by atoms with Crippen LogP contribution in [0.4, 0.5) is 0 Å². The van der Waals surface area contributed by atoms with Crippen molar-refractivity contribution in [1.29, 1.82) is 0 Å². The molecule has 0 aliphatic rings. The van der Waals surface area contributed by atoms with E-state index in [1.165, 1.54) is 15.3 Å². The summed E-state index contributed by atoms with van der Waals surface area (Å²) in [4.78, 5) is 5.11. The topological polar surface area (TPSA) is 24.5 Å². The van der Waals surface area contributed by atoms with E-state index < -0.39 is 0 Å². The predicted molar refractivity (Wildman–Crippen MR) is 90.1 cm³/mol. The number of rotatable bonds is 8. The van der Waals surface area contributed by atoms with E-state index in [-0.39, 0.29) is 0 Å². The third kappa shape index (κ3) is 5.50. The summed E-state index contributed by atoms with van der Waals surface area (Å²) in [5, 5.41) is 3.50. The quantitative estimate of drug-likeness (QED) is 0.757. The Balaban J connectivity index is 1.65. The minimum absolute atomic E-state index is 0.911. The lowest BCUT2D eigenvalue weighted by molar-refractivity contribution is 0.324. The summed E-state index contributed by atoms with van der Waals surface area (Å²) in [5.41, 5.74) is 1.31. The number of thiophene rings is 1. The lowest BCUT2D eigenvalue weighted by atomic mass is 10.2. The van der Waals surface area contributed by atoms with E-state index in [0.717, 1.165) is 31.9 Å². The molecule has 4 heteroatoms. The fourth-order valence-electron chi connectivity index (χ4n) is 2.18. The fraction of sp³-hybridized carbons (Fsp3) is 0.412. The minimum atomic E-state index is 0.911. The van der Waals surface area contributed by atoms with Gasteiger partial charge in [-0.25, -0.2) is 0 Å². The molecule has 0 saturated heterocycles. The van der Waals surface area contributed by atoms with Crippen LogP contribution < -0.4 is 10.1 Å². The number of nitrogens with one attached hydrogen (secondary N) is 1. The number of likely N-dealkylation sites (N-methyl/N-ethyl adjacent to an activating group) is 1. The summed E-state index contributed by atoms with van der Waals surface area (Å²) in [5.74, 6) is 0.911. The van der Waals surface area contributed by atoms with Crippen molar-refractivity contribution >= 4 is 11.3 Å². The zero-order chi connectivity index (χ0) is 15.1. The normalized spacial score (nSPS) is 11.0. The van der Waals surface area contributed by atoms with Crippen LogP contribution in [0.15, 0.2) is 36.4 Å². The third-order valence-corrected chi connectivity index (χ3v) is 4.38. The molecular weight excluding hydrogens is 280 g/mol. The van der Waals surface area contributed by atoms with E-state index in [0.29, 0.717) is 0 Å². The maximum absolute atomic E-state index is 5.17. The molecule has 0 saturated carbocycles. The highest BCUT2D eigenvalue weighted by atomic mass is 32.1. The van der Waals surface area contributed by atoms with Crippen molar-refractivity contribution < 1.29 is 4.74 Å². The van der Waals surface area contributed by atoms with Gasteiger partial charge in [-0.2, -0.15) is 0 Å². The molecule has 3 nitrogen and oxygen atoms in total. The first-order valence-electron chi connectivity index (χ1n) is 7.25. The van der Waals surface area contributed by atoms with E-state index in [1.807, 2.05) is 23.5 Å². The van der Waals surface area contributed by atoms with Crippen molar-refractivity contribution in [1.82, 2.24) is 10.2 Å². The van der Waals surface area contributed by atoms with Crippen molar-refractivity contribution in [3.63, 3.8) is 0 Å². The first kappa shape index (κ1) is 16.0. The Labute approximate surface area is 131 Å². The van der Waals surface area contributed by atoms with Crippen molar-refractivity contribution in [3.05, 3.63) is 51.7 Å². The van der Waals surface area contributed by atoms with Gasteiger partial charge in [-0.05, 0) is 43.8 Å². The molecule has 1 N–H and O–H groups in total. The van der Waals surface area contributed by atoms with Crippen LogP contribution >= 0.6 is 11.3 Å². The van der Waals surface area contributed by atoms with Gasteiger partial charge in [0, 0.05) is 35.9 Å². The van der Waals surface area contributed by atoms with Gasteiger partial charge in [0.1, 0.15) is 5.75 Å². The average Bonchev–Trinajstić information content (AvgIpc) is 2.90. The highest BCUT2D eigenvalue weighted by Crippen LogP contribution is 2.14. The van der Waals surface area contributed by atoms with Crippen LogP contribution in [-0.4, -0.2) is 32.1 Å². The van der Waals surface area contributed by atoms with E-state index >= 15 is 0 Å². The van der Waals surface area contributed by atoms with E-state index in [1.54, 1.807) is 7.11 Å². The summed E-state index contributed by atoms with van der Waals surface area (Å²) in [6.07, 6.45) is 0. The van der Waals surface area contributed by atoms with Crippen LogP contribution in [0.5, 0.6) is 5.75 Å². The van der Waals surface area contributed by atoms with Gasteiger partial charge < -0.3 is 15.0 Å². The summed E-state index contributed by atoms with van der Waals surface area (Å²) in [6, 6.07) is 12.7. The minimum Gasteiger partial charge on any atom is -0.497 e. The van der Waals surface area contributed by atoms with E-state index in [4.69, 9.17) is 4.74 Å². The zero-order valence-electron chi connectivity index (χ0n) is 13.1. The molecule has 0 unspecified atom stereocenters. The predicted octanol–water partition coefficient (Wildman–Crippen LogP) is 3.29. The van der Waals surface area contributed by atoms with Gasteiger partial charge >= 0.3 is 0 Å². The van der Waals surface area contributed by atoms with Gasteiger partial charge in [0.2, 0.25) is 0 Å². The van der Waals surface area contributed by atoms with Crippen LogP contribution in [0.2, 0.25) is 0 Å². The number of methoxy groups -OCH3 is 1. The SMILES string of the molecule is COc1ccc(CN(C)CCNCc2ccc(C)s2)cc1. The zero-order valence-corrected chi connectivity index (χ0v) is 13.9. The van der Waals surface area contributed by atoms with Gasteiger partial charge in [-0.3, -0.25) is 0 Å². The van der Waals surface area contributed by atoms with Gasteiger partial charge in [0.05, 0.1) is 7.11 Å². The number of aryl methyl sites for hydroxylation is 1. The Hall–Kier alpha value is -1.36. The summed E-state index contributed by atoms with van der Waals surface area (Å²) < 4.78 is 5.17. The molecule has 2 aromatic rings. The monoisotopic (exact) mass is 304 g/mol. The summed E-state index contributed by atoms with van der Waals surface area (Å²) >= 11 is 1.86. The molecule has 0 bridgehead atoms. The van der Waals surface area contributed by atoms with Crippen LogP contribution in [0.1, 0.15) is 15.3 Å². The first-order chi connectivity index (χ1) is 10.2.